The molecular formula is C21H30N6O4. The van der Waals surface area contributed by atoms with Gasteiger partial charge in [0.1, 0.15) is 12.1 Å². The molecule has 2 rings (SSSR count). The molecule has 0 bridgehead atoms. The van der Waals surface area contributed by atoms with Crippen molar-refractivity contribution in [2.24, 2.45) is 11.5 Å². The van der Waals surface area contributed by atoms with Crippen LogP contribution in [-0.4, -0.2) is 57.5 Å². The zero-order valence-corrected chi connectivity index (χ0v) is 17.3. The lowest BCUT2D eigenvalue weighted by atomic mass is 10.0. The van der Waals surface area contributed by atoms with Crippen LogP contribution in [0.2, 0.25) is 0 Å². The van der Waals surface area contributed by atoms with Gasteiger partial charge in [0, 0.05) is 24.7 Å². The van der Waals surface area contributed by atoms with Gasteiger partial charge >= 0.3 is 5.97 Å². The Balaban J connectivity index is 2.02. The third-order valence-corrected chi connectivity index (χ3v) is 4.81. The van der Waals surface area contributed by atoms with Crippen LogP contribution in [0.4, 0.5) is 0 Å². The first-order valence-corrected chi connectivity index (χ1v) is 10.2. The van der Waals surface area contributed by atoms with Crippen LogP contribution in [-0.2, 0) is 27.2 Å². The SMILES string of the molecule is NCCCCC(NC(=O)C(N)Cc1cnc[nH]1)C(=O)NC(Cc1ccccc1)C(=O)O. The van der Waals surface area contributed by atoms with E-state index in [1.54, 1.807) is 30.5 Å². The lowest BCUT2D eigenvalue weighted by Gasteiger charge is -2.23. The Bertz CT molecular complexity index is 828. The van der Waals surface area contributed by atoms with Gasteiger partial charge in [0.2, 0.25) is 11.8 Å². The molecule has 1 heterocycles. The fraction of sp³-hybridized carbons (Fsp3) is 0.429. The van der Waals surface area contributed by atoms with E-state index in [4.69, 9.17) is 11.5 Å². The smallest absolute Gasteiger partial charge is 0.326 e. The first kappa shape index (κ1) is 24.0. The molecule has 0 spiro atoms. The lowest BCUT2D eigenvalue weighted by molar-refractivity contribution is -0.142. The van der Waals surface area contributed by atoms with Gasteiger partial charge in [-0.25, -0.2) is 9.78 Å². The molecule has 0 fully saturated rings. The predicted octanol–water partition coefficient (Wildman–Crippen LogP) is -0.295. The van der Waals surface area contributed by atoms with Gasteiger partial charge < -0.3 is 32.2 Å². The number of carbonyl (C=O) groups is 3. The second-order valence-electron chi connectivity index (χ2n) is 7.32. The summed E-state index contributed by atoms with van der Waals surface area (Å²) in [5.41, 5.74) is 13.0. The molecule has 0 aliphatic carbocycles. The number of nitrogens with zero attached hydrogens (tertiary/aromatic N) is 1. The van der Waals surface area contributed by atoms with E-state index in [-0.39, 0.29) is 12.8 Å². The highest BCUT2D eigenvalue weighted by Gasteiger charge is 2.28. The molecule has 31 heavy (non-hydrogen) atoms. The molecule has 2 aromatic rings. The molecule has 0 saturated carbocycles. The Labute approximate surface area is 180 Å². The molecule has 0 saturated heterocycles. The van der Waals surface area contributed by atoms with Gasteiger partial charge in [-0.2, -0.15) is 0 Å². The number of unbranched alkanes of at least 4 members (excludes halogenated alkanes) is 1. The van der Waals surface area contributed by atoms with Gasteiger partial charge in [-0.1, -0.05) is 30.3 Å². The summed E-state index contributed by atoms with van der Waals surface area (Å²) >= 11 is 0. The molecule has 0 aliphatic rings. The third-order valence-electron chi connectivity index (χ3n) is 4.81. The van der Waals surface area contributed by atoms with Crippen LogP contribution in [0.3, 0.4) is 0 Å². The van der Waals surface area contributed by atoms with Crippen LogP contribution in [0.1, 0.15) is 30.5 Å². The highest BCUT2D eigenvalue weighted by atomic mass is 16.4. The quantitative estimate of drug-likeness (QED) is 0.236. The van der Waals surface area contributed by atoms with Crippen molar-refractivity contribution < 1.29 is 19.5 Å². The van der Waals surface area contributed by atoms with Crippen molar-refractivity contribution in [3.05, 3.63) is 54.1 Å². The lowest BCUT2D eigenvalue weighted by Crippen LogP contribution is -2.55. The van der Waals surface area contributed by atoms with Crippen LogP contribution >= 0.6 is 0 Å². The maximum atomic E-state index is 12.8. The highest BCUT2D eigenvalue weighted by molar-refractivity contribution is 5.91. The van der Waals surface area contributed by atoms with E-state index in [0.29, 0.717) is 31.5 Å². The molecule has 2 amide bonds. The summed E-state index contributed by atoms with van der Waals surface area (Å²) < 4.78 is 0. The molecule has 168 valence electrons. The third kappa shape index (κ3) is 8.19. The highest BCUT2D eigenvalue weighted by Crippen LogP contribution is 2.07. The summed E-state index contributed by atoms with van der Waals surface area (Å²) in [4.78, 5) is 43.8. The number of benzene rings is 1. The number of imidazole rings is 1. The van der Waals surface area contributed by atoms with Crippen LogP contribution < -0.4 is 22.1 Å². The number of hydrogen-bond donors (Lipinski definition) is 6. The normalized spacial score (nSPS) is 13.7. The second kappa shape index (κ2) is 12.5. The number of rotatable bonds is 13. The number of aromatic amines is 1. The number of H-pyrrole nitrogens is 1. The van der Waals surface area contributed by atoms with Crippen LogP contribution in [0, 0.1) is 0 Å². The van der Waals surface area contributed by atoms with Crippen molar-refractivity contribution in [2.75, 3.05) is 6.54 Å². The Hall–Kier alpha value is -3.24. The van der Waals surface area contributed by atoms with E-state index in [9.17, 15) is 19.5 Å². The summed E-state index contributed by atoms with van der Waals surface area (Å²) in [5, 5.41) is 14.7. The fourth-order valence-electron chi connectivity index (χ4n) is 3.09. The molecular weight excluding hydrogens is 400 g/mol. The molecule has 10 nitrogen and oxygen atoms in total. The zero-order chi connectivity index (χ0) is 22.6. The van der Waals surface area contributed by atoms with Crippen LogP contribution in [0.25, 0.3) is 0 Å². The Morgan fingerprint density at radius 1 is 1.03 bits per heavy atom. The monoisotopic (exact) mass is 430 g/mol. The summed E-state index contributed by atoms with van der Waals surface area (Å²) in [7, 11) is 0. The first-order valence-electron chi connectivity index (χ1n) is 10.2. The summed E-state index contributed by atoms with van der Waals surface area (Å²) in [5.74, 6) is -2.22. The maximum Gasteiger partial charge on any atom is 0.326 e. The van der Waals surface area contributed by atoms with Crippen molar-refractivity contribution in [3.63, 3.8) is 0 Å². The van der Waals surface area contributed by atoms with Crippen LogP contribution in [0.5, 0.6) is 0 Å². The van der Waals surface area contributed by atoms with E-state index in [1.807, 2.05) is 6.07 Å². The Morgan fingerprint density at radius 2 is 1.74 bits per heavy atom. The Kier molecular flexibility index (Phi) is 9.66. The molecule has 3 atom stereocenters. The number of nitrogens with two attached hydrogens (primary N) is 2. The topological polar surface area (TPSA) is 176 Å². The molecule has 3 unspecified atom stereocenters. The van der Waals surface area contributed by atoms with Crippen molar-refractivity contribution in [1.82, 2.24) is 20.6 Å². The molecule has 0 radical (unpaired) electrons. The van der Waals surface area contributed by atoms with E-state index in [1.165, 1.54) is 6.33 Å². The summed E-state index contributed by atoms with van der Waals surface area (Å²) in [6.07, 6.45) is 5.01. The largest absolute Gasteiger partial charge is 0.480 e. The van der Waals surface area contributed by atoms with Crippen LogP contribution in [0.15, 0.2) is 42.9 Å². The van der Waals surface area contributed by atoms with E-state index in [0.717, 1.165) is 5.56 Å². The number of carboxylic acid groups (broad SMARTS) is 1. The first-order chi connectivity index (χ1) is 14.9. The van der Waals surface area contributed by atoms with E-state index < -0.39 is 35.9 Å². The Morgan fingerprint density at radius 3 is 2.35 bits per heavy atom. The van der Waals surface area contributed by atoms with E-state index >= 15 is 0 Å². The molecule has 8 N–H and O–H groups in total. The predicted molar refractivity (Wildman–Crippen MR) is 115 cm³/mol. The van der Waals surface area contributed by atoms with Gasteiger partial charge in [0.05, 0.1) is 12.4 Å². The number of carbonyl (C=O) groups excluding carboxylic acids is 2. The molecule has 1 aromatic heterocycles. The van der Waals surface area contributed by atoms with Gasteiger partial charge in [-0.05, 0) is 31.4 Å². The standard InChI is InChI=1S/C21H30N6O4/c22-9-5-4-8-17(26-19(28)16(23)11-15-12-24-13-25-15)20(29)27-18(21(30)31)10-14-6-2-1-3-7-14/h1-3,6-7,12-13,16-18H,4-5,8-11,22-23H2,(H,24,25)(H,26,28)(H,27,29)(H,30,31). The summed E-state index contributed by atoms with van der Waals surface area (Å²) in [6, 6.07) is 6.08. The zero-order valence-electron chi connectivity index (χ0n) is 17.3. The maximum absolute atomic E-state index is 12.8. The average Bonchev–Trinajstić information content (AvgIpc) is 3.26. The molecule has 10 heteroatoms. The minimum atomic E-state index is -1.15. The fourth-order valence-corrected chi connectivity index (χ4v) is 3.09. The van der Waals surface area contributed by atoms with Gasteiger partial charge in [-0.15, -0.1) is 0 Å². The van der Waals surface area contributed by atoms with Crippen molar-refractivity contribution in [1.29, 1.82) is 0 Å². The van der Waals surface area contributed by atoms with Crippen molar-refractivity contribution in [2.45, 2.75) is 50.2 Å². The minimum absolute atomic E-state index is 0.130. The number of hydrogen-bond acceptors (Lipinski definition) is 6. The van der Waals surface area contributed by atoms with Crippen molar-refractivity contribution >= 4 is 17.8 Å². The van der Waals surface area contributed by atoms with Crippen molar-refractivity contribution in [3.8, 4) is 0 Å². The van der Waals surface area contributed by atoms with Gasteiger partial charge in [0.15, 0.2) is 0 Å². The second-order valence-corrected chi connectivity index (χ2v) is 7.32. The number of amides is 2. The molecule has 0 aliphatic heterocycles. The number of aromatic nitrogens is 2. The summed E-state index contributed by atoms with van der Waals surface area (Å²) in [6.45, 7) is 0.452. The number of carboxylic acids is 1. The van der Waals surface area contributed by atoms with Gasteiger partial charge in [0.25, 0.3) is 0 Å². The number of aliphatic carboxylic acids is 1. The minimum Gasteiger partial charge on any atom is -0.480 e. The average molecular weight is 431 g/mol. The molecule has 1 aromatic carbocycles. The number of nitrogens with one attached hydrogen (secondary N) is 3. The van der Waals surface area contributed by atoms with E-state index in [2.05, 4.69) is 20.6 Å². The van der Waals surface area contributed by atoms with Gasteiger partial charge in [-0.3, -0.25) is 9.59 Å².